The number of alkyl halides is 1. The van der Waals surface area contributed by atoms with Crippen LogP contribution < -0.4 is 5.73 Å². The van der Waals surface area contributed by atoms with Gasteiger partial charge in [0.05, 0.1) is 5.56 Å². The van der Waals surface area contributed by atoms with Gasteiger partial charge in [0.1, 0.15) is 0 Å². The highest BCUT2D eigenvalue weighted by Crippen LogP contribution is 2.19. The summed E-state index contributed by atoms with van der Waals surface area (Å²) in [7, 11) is 0. The SMILES string of the molecule is CCl.Cc1ccc(C(=O)O)c(C)c1N. The minimum atomic E-state index is -0.931. The maximum absolute atomic E-state index is 10.6. The van der Waals surface area contributed by atoms with Gasteiger partial charge >= 0.3 is 5.97 Å². The molecule has 0 atom stereocenters. The summed E-state index contributed by atoms with van der Waals surface area (Å²) >= 11 is 4.64. The van der Waals surface area contributed by atoms with E-state index < -0.39 is 5.97 Å². The lowest BCUT2D eigenvalue weighted by Gasteiger charge is -2.06. The van der Waals surface area contributed by atoms with Gasteiger partial charge in [0.2, 0.25) is 0 Å². The maximum atomic E-state index is 10.6. The summed E-state index contributed by atoms with van der Waals surface area (Å²) in [6.07, 6.45) is 1.47. The van der Waals surface area contributed by atoms with Crippen LogP contribution in [0.3, 0.4) is 0 Å². The summed E-state index contributed by atoms with van der Waals surface area (Å²) in [6.45, 7) is 3.57. The van der Waals surface area contributed by atoms with Crippen molar-refractivity contribution < 1.29 is 9.90 Å². The Balaban J connectivity index is 0.000000791. The first kappa shape index (κ1) is 12.8. The molecule has 0 aliphatic heterocycles. The van der Waals surface area contributed by atoms with Crippen LogP contribution in [0.5, 0.6) is 0 Å². The van der Waals surface area contributed by atoms with Crippen LogP contribution in [-0.4, -0.2) is 17.5 Å². The Morgan fingerprint density at radius 1 is 1.36 bits per heavy atom. The number of aromatic carboxylic acids is 1. The second-order valence-corrected chi connectivity index (χ2v) is 2.77. The summed E-state index contributed by atoms with van der Waals surface area (Å²) in [6, 6.07) is 3.29. The van der Waals surface area contributed by atoms with Crippen molar-refractivity contribution in [3.63, 3.8) is 0 Å². The zero-order valence-corrected chi connectivity index (χ0v) is 9.22. The van der Waals surface area contributed by atoms with Crippen molar-refractivity contribution in [3.8, 4) is 0 Å². The van der Waals surface area contributed by atoms with Gasteiger partial charge in [-0.3, -0.25) is 0 Å². The molecule has 0 aliphatic carbocycles. The predicted octanol–water partition coefficient (Wildman–Crippen LogP) is 2.44. The van der Waals surface area contributed by atoms with Gasteiger partial charge < -0.3 is 10.8 Å². The molecular weight excluding hydrogens is 202 g/mol. The third-order valence-corrected chi connectivity index (χ3v) is 1.96. The van der Waals surface area contributed by atoms with Crippen molar-refractivity contribution in [1.82, 2.24) is 0 Å². The monoisotopic (exact) mass is 215 g/mol. The van der Waals surface area contributed by atoms with E-state index in [1.807, 2.05) is 6.92 Å². The number of hydrogen-bond donors (Lipinski definition) is 2. The summed E-state index contributed by atoms with van der Waals surface area (Å²) in [5.74, 6) is -0.931. The highest BCUT2D eigenvalue weighted by molar-refractivity contribution is 6.15. The lowest BCUT2D eigenvalue weighted by atomic mass is 10.0. The summed E-state index contributed by atoms with van der Waals surface area (Å²) < 4.78 is 0. The van der Waals surface area contributed by atoms with Crippen molar-refractivity contribution in [2.75, 3.05) is 12.1 Å². The van der Waals surface area contributed by atoms with Crippen molar-refractivity contribution in [3.05, 3.63) is 28.8 Å². The van der Waals surface area contributed by atoms with Crippen molar-refractivity contribution in [2.45, 2.75) is 13.8 Å². The van der Waals surface area contributed by atoms with Crippen LogP contribution in [-0.2, 0) is 0 Å². The Hall–Kier alpha value is -1.22. The van der Waals surface area contributed by atoms with Gasteiger partial charge in [0.15, 0.2) is 0 Å². The van der Waals surface area contributed by atoms with E-state index in [1.54, 1.807) is 19.1 Å². The van der Waals surface area contributed by atoms with E-state index in [1.165, 1.54) is 6.38 Å². The molecule has 3 N–H and O–H groups in total. The molecule has 1 aromatic carbocycles. The second kappa shape index (κ2) is 5.50. The topological polar surface area (TPSA) is 63.3 Å². The Kier molecular flexibility index (Phi) is 5.02. The molecule has 4 heteroatoms. The van der Waals surface area contributed by atoms with Crippen LogP contribution in [0.2, 0.25) is 0 Å². The molecule has 0 aliphatic rings. The average Bonchev–Trinajstić information content (AvgIpc) is 2.17. The Bertz CT molecular complexity index is 337. The molecule has 1 aromatic rings. The van der Waals surface area contributed by atoms with E-state index in [9.17, 15) is 4.79 Å². The van der Waals surface area contributed by atoms with E-state index in [0.29, 0.717) is 11.3 Å². The highest BCUT2D eigenvalue weighted by Gasteiger charge is 2.09. The van der Waals surface area contributed by atoms with Gasteiger partial charge in [-0.15, -0.1) is 11.6 Å². The number of halogens is 1. The zero-order chi connectivity index (χ0) is 11.3. The number of carboxylic acid groups (broad SMARTS) is 1. The fourth-order valence-electron chi connectivity index (χ4n) is 1.10. The summed E-state index contributed by atoms with van der Waals surface area (Å²) in [5.41, 5.74) is 8.05. The molecule has 0 saturated carbocycles. The molecule has 14 heavy (non-hydrogen) atoms. The maximum Gasteiger partial charge on any atom is 0.336 e. The van der Waals surface area contributed by atoms with E-state index in [2.05, 4.69) is 11.6 Å². The number of carbonyl (C=O) groups is 1. The molecule has 1 rings (SSSR count). The fraction of sp³-hybridized carbons (Fsp3) is 0.300. The van der Waals surface area contributed by atoms with Crippen molar-refractivity contribution in [2.24, 2.45) is 0 Å². The molecule has 0 spiro atoms. The average molecular weight is 216 g/mol. The van der Waals surface area contributed by atoms with E-state index in [-0.39, 0.29) is 5.56 Å². The number of nitrogen functional groups attached to an aromatic ring is 1. The van der Waals surface area contributed by atoms with Gasteiger partial charge in [0.25, 0.3) is 0 Å². The molecular formula is C10H14ClNO2. The molecule has 0 heterocycles. The Labute approximate surface area is 88.5 Å². The largest absolute Gasteiger partial charge is 0.478 e. The smallest absolute Gasteiger partial charge is 0.336 e. The molecule has 78 valence electrons. The van der Waals surface area contributed by atoms with Crippen molar-refractivity contribution in [1.29, 1.82) is 0 Å². The standard InChI is InChI=1S/C9H11NO2.CH3Cl/c1-5-3-4-7(9(11)12)6(2)8(5)10;1-2/h3-4H,10H2,1-2H3,(H,11,12);1H3. The number of anilines is 1. The van der Waals surface area contributed by atoms with Gasteiger partial charge in [-0.05, 0) is 31.0 Å². The molecule has 0 aromatic heterocycles. The molecule has 0 fully saturated rings. The van der Waals surface area contributed by atoms with Gasteiger partial charge in [-0.1, -0.05) is 6.07 Å². The van der Waals surface area contributed by atoms with Gasteiger partial charge in [0, 0.05) is 12.1 Å². The first-order chi connectivity index (χ1) is 6.54. The first-order valence-electron chi connectivity index (χ1n) is 4.01. The minimum Gasteiger partial charge on any atom is -0.478 e. The third kappa shape index (κ3) is 2.64. The number of benzene rings is 1. The third-order valence-electron chi connectivity index (χ3n) is 1.96. The molecule has 0 amide bonds. The van der Waals surface area contributed by atoms with E-state index in [4.69, 9.17) is 10.8 Å². The fourth-order valence-corrected chi connectivity index (χ4v) is 1.10. The summed E-state index contributed by atoms with van der Waals surface area (Å²) in [5, 5.41) is 8.73. The Morgan fingerprint density at radius 3 is 2.29 bits per heavy atom. The zero-order valence-electron chi connectivity index (χ0n) is 8.47. The minimum absolute atomic E-state index is 0.276. The summed E-state index contributed by atoms with van der Waals surface area (Å²) in [4.78, 5) is 10.6. The van der Waals surface area contributed by atoms with Crippen LogP contribution in [0.15, 0.2) is 12.1 Å². The lowest BCUT2D eigenvalue weighted by Crippen LogP contribution is -2.03. The van der Waals surface area contributed by atoms with Gasteiger partial charge in [-0.25, -0.2) is 4.79 Å². The van der Waals surface area contributed by atoms with Crippen LogP contribution >= 0.6 is 11.6 Å². The molecule has 0 saturated heterocycles. The highest BCUT2D eigenvalue weighted by atomic mass is 35.5. The Morgan fingerprint density at radius 2 is 1.86 bits per heavy atom. The number of aryl methyl sites for hydroxylation is 1. The van der Waals surface area contributed by atoms with Crippen LogP contribution in [0.1, 0.15) is 21.5 Å². The second-order valence-electron chi connectivity index (χ2n) is 2.77. The predicted molar refractivity (Wildman–Crippen MR) is 59.1 cm³/mol. The normalized spacial score (nSPS) is 8.86. The van der Waals surface area contributed by atoms with Crippen LogP contribution in [0.4, 0.5) is 5.69 Å². The molecule has 0 unspecified atom stereocenters. The number of carboxylic acids is 1. The van der Waals surface area contributed by atoms with E-state index >= 15 is 0 Å². The van der Waals surface area contributed by atoms with Crippen LogP contribution in [0.25, 0.3) is 0 Å². The van der Waals surface area contributed by atoms with Crippen molar-refractivity contribution >= 4 is 23.3 Å². The number of nitrogens with two attached hydrogens (primary N) is 1. The van der Waals surface area contributed by atoms with Crippen LogP contribution in [0, 0.1) is 13.8 Å². The number of hydrogen-bond acceptors (Lipinski definition) is 2. The molecule has 3 nitrogen and oxygen atoms in total. The van der Waals surface area contributed by atoms with Gasteiger partial charge in [-0.2, -0.15) is 0 Å². The van der Waals surface area contributed by atoms with E-state index in [0.717, 1.165) is 5.56 Å². The lowest BCUT2D eigenvalue weighted by molar-refractivity contribution is 0.0696. The molecule has 0 bridgehead atoms. The number of rotatable bonds is 1. The first-order valence-corrected chi connectivity index (χ1v) is 4.76. The molecule has 0 radical (unpaired) electrons. The quantitative estimate of drug-likeness (QED) is 0.559.